The Morgan fingerprint density at radius 3 is 2.30 bits per heavy atom. The molecular formula is C20H20N4O3. The van der Waals surface area contributed by atoms with Crippen molar-refractivity contribution >= 4 is 22.6 Å². The fourth-order valence-corrected chi connectivity index (χ4v) is 2.72. The molecule has 27 heavy (non-hydrogen) atoms. The largest absolute Gasteiger partial charge is 0.352 e. The molecule has 0 aliphatic rings. The van der Waals surface area contributed by atoms with Crippen molar-refractivity contribution in [1.82, 2.24) is 20.4 Å². The number of benzene rings is 2. The summed E-state index contributed by atoms with van der Waals surface area (Å²) < 4.78 is 1.20. The molecule has 0 aliphatic heterocycles. The van der Waals surface area contributed by atoms with Gasteiger partial charge in [0.2, 0.25) is 5.91 Å². The minimum absolute atomic E-state index is 0.0201. The SMILES string of the molecule is CC(C)NC(=O)CNC(=O)c1nn(-c2ccccc2)c(=O)c2ccccc12. The Labute approximate surface area is 156 Å². The maximum atomic E-state index is 12.8. The average molecular weight is 364 g/mol. The molecule has 0 atom stereocenters. The highest BCUT2D eigenvalue weighted by atomic mass is 16.2. The summed E-state index contributed by atoms with van der Waals surface area (Å²) in [5.41, 5.74) is 0.331. The van der Waals surface area contributed by atoms with Crippen LogP contribution in [0.5, 0.6) is 0 Å². The molecule has 7 nitrogen and oxygen atoms in total. The first kappa shape index (κ1) is 18.3. The van der Waals surface area contributed by atoms with Gasteiger partial charge in [-0.3, -0.25) is 14.4 Å². The number of aromatic nitrogens is 2. The quantitative estimate of drug-likeness (QED) is 0.720. The van der Waals surface area contributed by atoms with Crippen LogP contribution in [0.1, 0.15) is 24.3 Å². The fourth-order valence-electron chi connectivity index (χ4n) is 2.72. The van der Waals surface area contributed by atoms with Gasteiger partial charge >= 0.3 is 0 Å². The standard InChI is InChI=1S/C20H20N4O3/c1-13(2)22-17(25)12-21-19(26)18-15-10-6-7-11-16(15)20(27)24(23-18)14-8-4-3-5-9-14/h3-11,13H,12H2,1-2H3,(H,21,26)(H,22,25). The van der Waals surface area contributed by atoms with E-state index in [4.69, 9.17) is 0 Å². The molecule has 0 spiro atoms. The van der Waals surface area contributed by atoms with Crippen molar-refractivity contribution in [3.05, 3.63) is 70.6 Å². The molecule has 0 radical (unpaired) electrons. The molecule has 0 unspecified atom stereocenters. The van der Waals surface area contributed by atoms with E-state index in [2.05, 4.69) is 15.7 Å². The summed E-state index contributed by atoms with van der Waals surface area (Å²) in [6.07, 6.45) is 0. The van der Waals surface area contributed by atoms with E-state index >= 15 is 0 Å². The molecular weight excluding hydrogens is 344 g/mol. The number of nitrogens with one attached hydrogen (secondary N) is 2. The highest BCUT2D eigenvalue weighted by molar-refractivity contribution is 6.05. The summed E-state index contributed by atoms with van der Waals surface area (Å²) in [6, 6.07) is 15.6. The van der Waals surface area contributed by atoms with E-state index in [1.165, 1.54) is 4.68 Å². The highest BCUT2D eigenvalue weighted by Gasteiger charge is 2.18. The lowest BCUT2D eigenvalue weighted by Crippen LogP contribution is -2.40. The van der Waals surface area contributed by atoms with E-state index < -0.39 is 5.91 Å². The number of fused-ring (bicyclic) bond motifs is 1. The molecule has 1 aromatic heterocycles. The zero-order chi connectivity index (χ0) is 19.4. The molecule has 7 heteroatoms. The fraction of sp³-hybridized carbons (Fsp3) is 0.200. The van der Waals surface area contributed by atoms with Gasteiger partial charge in [0, 0.05) is 11.4 Å². The Kier molecular flexibility index (Phi) is 5.30. The predicted octanol–water partition coefficient (Wildman–Crippen LogP) is 1.64. The third-order valence-corrected chi connectivity index (χ3v) is 3.88. The van der Waals surface area contributed by atoms with Gasteiger partial charge < -0.3 is 10.6 Å². The van der Waals surface area contributed by atoms with E-state index in [1.54, 1.807) is 48.5 Å². The summed E-state index contributed by atoms with van der Waals surface area (Å²) in [4.78, 5) is 37.3. The van der Waals surface area contributed by atoms with Crippen molar-refractivity contribution < 1.29 is 9.59 Å². The summed E-state index contributed by atoms with van der Waals surface area (Å²) in [5, 5.41) is 10.4. The van der Waals surface area contributed by atoms with Gasteiger partial charge in [0.15, 0.2) is 5.69 Å². The number of carbonyl (C=O) groups excluding carboxylic acids is 2. The van der Waals surface area contributed by atoms with Crippen LogP contribution in [0, 0.1) is 0 Å². The Hall–Kier alpha value is -3.48. The number of para-hydroxylation sites is 1. The van der Waals surface area contributed by atoms with Gasteiger partial charge in [-0.15, -0.1) is 0 Å². The summed E-state index contributed by atoms with van der Waals surface area (Å²) in [7, 11) is 0. The minimum atomic E-state index is -0.519. The minimum Gasteiger partial charge on any atom is -0.352 e. The Balaban J connectivity index is 2.02. The summed E-state index contributed by atoms with van der Waals surface area (Å²) >= 11 is 0. The zero-order valence-corrected chi connectivity index (χ0v) is 15.1. The van der Waals surface area contributed by atoms with Gasteiger partial charge in [-0.2, -0.15) is 9.78 Å². The van der Waals surface area contributed by atoms with E-state index in [0.29, 0.717) is 16.5 Å². The molecule has 2 N–H and O–H groups in total. The zero-order valence-electron chi connectivity index (χ0n) is 15.1. The predicted molar refractivity (Wildman–Crippen MR) is 103 cm³/mol. The van der Waals surface area contributed by atoms with Crippen LogP contribution in [0.15, 0.2) is 59.4 Å². The van der Waals surface area contributed by atoms with Crippen LogP contribution >= 0.6 is 0 Å². The van der Waals surface area contributed by atoms with Gasteiger partial charge in [0.05, 0.1) is 17.6 Å². The van der Waals surface area contributed by atoms with Crippen LogP contribution < -0.4 is 16.2 Å². The van der Waals surface area contributed by atoms with Crippen molar-refractivity contribution in [2.45, 2.75) is 19.9 Å². The topological polar surface area (TPSA) is 93.1 Å². The Bertz CT molecular complexity index is 1040. The third kappa shape index (κ3) is 4.03. The van der Waals surface area contributed by atoms with Gasteiger partial charge in [-0.1, -0.05) is 36.4 Å². The molecule has 138 valence electrons. The van der Waals surface area contributed by atoms with Crippen LogP contribution in [0.3, 0.4) is 0 Å². The van der Waals surface area contributed by atoms with E-state index in [1.807, 2.05) is 19.9 Å². The highest BCUT2D eigenvalue weighted by Crippen LogP contribution is 2.15. The first-order valence-corrected chi connectivity index (χ1v) is 8.62. The second-order valence-corrected chi connectivity index (χ2v) is 6.35. The molecule has 0 fully saturated rings. The lowest BCUT2D eigenvalue weighted by molar-refractivity contribution is -0.120. The maximum absolute atomic E-state index is 12.8. The van der Waals surface area contributed by atoms with Crippen molar-refractivity contribution in [1.29, 1.82) is 0 Å². The van der Waals surface area contributed by atoms with E-state index in [0.717, 1.165) is 0 Å². The van der Waals surface area contributed by atoms with Crippen molar-refractivity contribution in [3.63, 3.8) is 0 Å². The van der Waals surface area contributed by atoms with Crippen LogP contribution in [0.25, 0.3) is 16.5 Å². The number of rotatable bonds is 5. The average Bonchev–Trinajstić information content (AvgIpc) is 2.67. The van der Waals surface area contributed by atoms with Crippen LogP contribution in [0.2, 0.25) is 0 Å². The molecule has 0 saturated carbocycles. The summed E-state index contributed by atoms with van der Waals surface area (Å²) in [6.45, 7) is 3.51. The number of hydrogen-bond acceptors (Lipinski definition) is 4. The smallest absolute Gasteiger partial charge is 0.279 e. The summed E-state index contributed by atoms with van der Waals surface area (Å²) in [5.74, 6) is -0.811. The first-order valence-electron chi connectivity index (χ1n) is 8.62. The molecule has 2 amide bonds. The molecule has 0 saturated heterocycles. The normalized spacial score (nSPS) is 10.8. The third-order valence-electron chi connectivity index (χ3n) is 3.88. The molecule has 3 rings (SSSR count). The Morgan fingerprint density at radius 2 is 1.63 bits per heavy atom. The maximum Gasteiger partial charge on any atom is 0.279 e. The second-order valence-electron chi connectivity index (χ2n) is 6.35. The van der Waals surface area contributed by atoms with Gasteiger partial charge in [-0.05, 0) is 32.0 Å². The van der Waals surface area contributed by atoms with Crippen molar-refractivity contribution in [2.24, 2.45) is 0 Å². The number of amides is 2. The monoisotopic (exact) mass is 364 g/mol. The van der Waals surface area contributed by atoms with Crippen molar-refractivity contribution in [3.8, 4) is 5.69 Å². The van der Waals surface area contributed by atoms with Crippen molar-refractivity contribution in [2.75, 3.05) is 6.54 Å². The molecule has 2 aromatic carbocycles. The number of nitrogens with zero attached hydrogens (tertiary/aromatic N) is 2. The van der Waals surface area contributed by atoms with E-state index in [-0.39, 0.29) is 29.7 Å². The first-order chi connectivity index (χ1) is 13.0. The number of hydrogen-bond donors (Lipinski definition) is 2. The lowest BCUT2D eigenvalue weighted by atomic mass is 10.1. The van der Waals surface area contributed by atoms with Gasteiger partial charge in [-0.25, -0.2) is 0 Å². The molecule has 1 heterocycles. The Morgan fingerprint density at radius 1 is 1.00 bits per heavy atom. The lowest BCUT2D eigenvalue weighted by Gasteiger charge is -2.12. The van der Waals surface area contributed by atoms with Crippen LogP contribution in [-0.2, 0) is 4.79 Å². The molecule has 0 bridgehead atoms. The molecule has 3 aromatic rings. The van der Waals surface area contributed by atoms with E-state index in [9.17, 15) is 14.4 Å². The molecule has 0 aliphatic carbocycles. The second kappa shape index (κ2) is 7.82. The van der Waals surface area contributed by atoms with Gasteiger partial charge in [0.25, 0.3) is 11.5 Å². The van der Waals surface area contributed by atoms with Crippen LogP contribution in [-0.4, -0.2) is 34.2 Å². The van der Waals surface area contributed by atoms with Crippen LogP contribution in [0.4, 0.5) is 0 Å². The number of carbonyl (C=O) groups is 2. The van der Waals surface area contributed by atoms with Gasteiger partial charge in [0.1, 0.15) is 0 Å².